The van der Waals surface area contributed by atoms with Gasteiger partial charge in [-0.05, 0) is 24.1 Å². The van der Waals surface area contributed by atoms with E-state index in [-0.39, 0.29) is 6.42 Å². The van der Waals surface area contributed by atoms with Crippen LogP contribution in [0, 0.1) is 5.41 Å². The third-order valence-corrected chi connectivity index (χ3v) is 4.24. The normalized spacial score (nSPS) is 12.5. The lowest BCUT2D eigenvalue weighted by molar-refractivity contribution is -0.211. The second-order valence-electron chi connectivity index (χ2n) is 6.65. The van der Waals surface area contributed by atoms with Gasteiger partial charge in [0.25, 0.3) is 0 Å². The van der Waals surface area contributed by atoms with Crippen molar-refractivity contribution in [1.82, 2.24) is 4.98 Å². The Morgan fingerprint density at radius 2 is 1.54 bits per heavy atom. The summed E-state index contributed by atoms with van der Waals surface area (Å²) < 4.78 is 39.3. The van der Waals surface area contributed by atoms with Gasteiger partial charge in [-0.3, -0.25) is 0 Å². The fourth-order valence-electron chi connectivity index (χ4n) is 2.65. The lowest BCUT2D eigenvalue weighted by atomic mass is 9.85. The molecule has 0 aliphatic heterocycles. The molecule has 0 radical (unpaired) electrons. The van der Waals surface area contributed by atoms with Crippen molar-refractivity contribution in [3.63, 3.8) is 0 Å². The fraction of sp³-hybridized carbons (Fsp3) is 0.250. The number of pyridine rings is 1. The van der Waals surface area contributed by atoms with Crippen LogP contribution < -0.4 is 0 Å². The predicted octanol–water partition coefficient (Wildman–Crippen LogP) is 6.03. The Morgan fingerprint density at radius 3 is 2.21 bits per heavy atom. The average Bonchev–Trinajstić information content (AvgIpc) is 2.53. The highest BCUT2D eigenvalue weighted by Gasteiger charge is 2.46. The van der Waals surface area contributed by atoms with E-state index >= 15 is 0 Å². The number of rotatable bonds is 3. The molecule has 0 saturated carbocycles. The van der Waals surface area contributed by atoms with Crippen molar-refractivity contribution < 1.29 is 13.2 Å². The van der Waals surface area contributed by atoms with Crippen molar-refractivity contribution in [2.24, 2.45) is 5.41 Å². The molecule has 1 aromatic heterocycles. The largest absolute Gasteiger partial charge is 0.394 e. The first-order valence-corrected chi connectivity index (χ1v) is 7.78. The molecule has 124 valence electrons. The Bertz CT molecular complexity index is 852. The number of halogens is 3. The van der Waals surface area contributed by atoms with Crippen LogP contribution in [-0.4, -0.2) is 11.2 Å². The molecular formula is C20H18F3N. The summed E-state index contributed by atoms with van der Waals surface area (Å²) in [6, 6.07) is 18.9. The zero-order valence-electron chi connectivity index (χ0n) is 13.6. The molecule has 0 spiro atoms. The summed E-state index contributed by atoms with van der Waals surface area (Å²) in [4.78, 5) is 4.62. The fourth-order valence-corrected chi connectivity index (χ4v) is 2.65. The molecule has 24 heavy (non-hydrogen) atoms. The van der Waals surface area contributed by atoms with Gasteiger partial charge in [-0.2, -0.15) is 13.2 Å². The highest BCUT2D eigenvalue weighted by Crippen LogP contribution is 2.40. The van der Waals surface area contributed by atoms with Gasteiger partial charge in [0.1, 0.15) is 0 Å². The molecule has 0 bridgehead atoms. The summed E-state index contributed by atoms with van der Waals surface area (Å²) >= 11 is 0. The smallest absolute Gasteiger partial charge is 0.248 e. The predicted molar refractivity (Wildman–Crippen MR) is 90.7 cm³/mol. The molecular weight excluding hydrogens is 311 g/mol. The molecule has 0 aliphatic rings. The minimum absolute atomic E-state index is 0.0658. The van der Waals surface area contributed by atoms with E-state index in [1.807, 2.05) is 48.5 Å². The number of aromatic nitrogens is 1. The zero-order chi connectivity index (χ0) is 17.4. The van der Waals surface area contributed by atoms with Crippen molar-refractivity contribution in [2.75, 3.05) is 0 Å². The molecule has 0 atom stereocenters. The maximum atomic E-state index is 13.1. The molecule has 1 nitrogen and oxygen atoms in total. The van der Waals surface area contributed by atoms with Gasteiger partial charge < -0.3 is 0 Å². The Balaban J connectivity index is 1.98. The number of alkyl halides is 3. The second-order valence-corrected chi connectivity index (χ2v) is 6.65. The molecule has 2 aromatic carbocycles. The number of nitrogens with zero attached hydrogens (tertiary/aromatic N) is 1. The maximum Gasteiger partial charge on any atom is 0.394 e. The van der Waals surface area contributed by atoms with Gasteiger partial charge in [-0.25, -0.2) is 4.98 Å². The van der Waals surface area contributed by atoms with E-state index in [0.717, 1.165) is 16.6 Å². The second kappa shape index (κ2) is 5.93. The molecule has 0 amide bonds. The van der Waals surface area contributed by atoms with Crippen LogP contribution in [0.3, 0.4) is 0 Å². The average molecular weight is 329 g/mol. The van der Waals surface area contributed by atoms with Crippen molar-refractivity contribution >= 4 is 10.9 Å². The van der Waals surface area contributed by atoms with Crippen LogP contribution in [0.15, 0.2) is 60.7 Å². The Labute approximate surface area is 139 Å². The van der Waals surface area contributed by atoms with E-state index < -0.39 is 11.6 Å². The summed E-state index contributed by atoms with van der Waals surface area (Å²) in [6.45, 7) is 2.45. The first-order chi connectivity index (χ1) is 11.3. The summed E-state index contributed by atoms with van der Waals surface area (Å²) in [5.74, 6) is 0. The maximum absolute atomic E-state index is 13.1. The number of benzene rings is 2. The first kappa shape index (κ1) is 16.5. The van der Waals surface area contributed by atoms with E-state index in [2.05, 4.69) is 4.98 Å². The van der Waals surface area contributed by atoms with Crippen molar-refractivity contribution in [3.05, 3.63) is 66.2 Å². The molecule has 0 fully saturated rings. The van der Waals surface area contributed by atoms with Crippen molar-refractivity contribution in [3.8, 4) is 11.3 Å². The molecule has 3 aromatic rings. The molecule has 0 unspecified atom stereocenters. The number of fused-ring (bicyclic) bond motifs is 1. The highest BCUT2D eigenvalue weighted by atomic mass is 19.4. The van der Waals surface area contributed by atoms with Gasteiger partial charge in [0.15, 0.2) is 0 Å². The summed E-state index contributed by atoms with van der Waals surface area (Å²) in [7, 11) is 0. The van der Waals surface area contributed by atoms with Gasteiger partial charge in [0, 0.05) is 10.9 Å². The van der Waals surface area contributed by atoms with Crippen LogP contribution in [0.25, 0.3) is 22.2 Å². The van der Waals surface area contributed by atoms with Crippen LogP contribution in [0.1, 0.15) is 19.4 Å². The van der Waals surface area contributed by atoms with Gasteiger partial charge >= 0.3 is 6.18 Å². The van der Waals surface area contributed by atoms with Crippen LogP contribution in [0.2, 0.25) is 0 Å². The van der Waals surface area contributed by atoms with E-state index in [9.17, 15) is 13.2 Å². The van der Waals surface area contributed by atoms with E-state index in [4.69, 9.17) is 0 Å². The van der Waals surface area contributed by atoms with E-state index in [1.165, 1.54) is 13.8 Å². The third-order valence-electron chi connectivity index (χ3n) is 4.24. The lowest BCUT2D eigenvalue weighted by Gasteiger charge is -2.27. The molecule has 3 rings (SSSR count). The van der Waals surface area contributed by atoms with Crippen molar-refractivity contribution in [1.29, 1.82) is 0 Å². The van der Waals surface area contributed by atoms with Gasteiger partial charge in [0.05, 0.1) is 16.6 Å². The monoisotopic (exact) mass is 329 g/mol. The summed E-state index contributed by atoms with van der Waals surface area (Å²) in [6.07, 6.45) is -4.30. The summed E-state index contributed by atoms with van der Waals surface area (Å²) in [5.41, 5.74) is 1.39. The van der Waals surface area contributed by atoms with Crippen LogP contribution >= 0.6 is 0 Å². The minimum atomic E-state index is -4.23. The van der Waals surface area contributed by atoms with Crippen LogP contribution in [0.5, 0.6) is 0 Å². The summed E-state index contributed by atoms with van der Waals surface area (Å²) in [5, 5.41) is 0.920. The van der Waals surface area contributed by atoms with Crippen LogP contribution in [-0.2, 0) is 6.42 Å². The lowest BCUT2D eigenvalue weighted by Crippen LogP contribution is -2.34. The Hall–Kier alpha value is -2.36. The Kier molecular flexibility index (Phi) is 4.08. The first-order valence-electron chi connectivity index (χ1n) is 7.78. The highest BCUT2D eigenvalue weighted by molar-refractivity contribution is 5.82. The zero-order valence-corrected chi connectivity index (χ0v) is 13.6. The number of hydrogen-bond donors (Lipinski definition) is 0. The Morgan fingerprint density at radius 1 is 0.875 bits per heavy atom. The topological polar surface area (TPSA) is 12.9 Å². The van der Waals surface area contributed by atoms with Gasteiger partial charge in [-0.15, -0.1) is 0 Å². The molecule has 0 saturated heterocycles. The number of hydrogen-bond acceptors (Lipinski definition) is 1. The van der Waals surface area contributed by atoms with Gasteiger partial charge in [0.2, 0.25) is 0 Å². The quantitative estimate of drug-likeness (QED) is 0.571. The standard InChI is InChI=1S/C20H18F3N/c1-19(2,20(21,22)23)13-14-8-9-16-10-11-17(24-18(16)12-14)15-6-4-3-5-7-15/h3-12H,13H2,1-2H3. The molecule has 0 N–H and O–H groups in total. The third kappa shape index (κ3) is 3.28. The van der Waals surface area contributed by atoms with Crippen LogP contribution in [0.4, 0.5) is 13.2 Å². The SMILES string of the molecule is CC(C)(Cc1ccc2ccc(-c3ccccc3)nc2c1)C(F)(F)F. The molecule has 1 heterocycles. The van der Waals surface area contributed by atoms with Gasteiger partial charge in [-0.1, -0.05) is 62.4 Å². The molecule has 4 heteroatoms. The van der Waals surface area contributed by atoms with E-state index in [0.29, 0.717) is 11.1 Å². The minimum Gasteiger partial charge on any atom is -0.248 e. The van der Waals surface area contributed by atoms with E-state index in [1.54, 1.807) is 12.1 Å². The molecule has 0 aliphatic carbocycles. The van der Waals surface area contributed by atoms with Crippen molar-refractivity contribution in [2.45, 2.75) is 26.4 Å².